The second-order valence-electron chi connectivity index (χ2n) is 3.63. The zero-order valence-corrected chi connectivity index (χ0v) is 9.80. The van der Waals surface area contributed by atoms with Crippen LogP contribution in [0, 0.1) is 6.92 Å². The normalized spacial score (nSPS) is 10.5. The fourth-order valence-electron chi connectivity index (χ4n) is 1.39. The van der Waals surface area contributed by atoms with Gasteiger partial charge in [-0.15, -0.1) is 10.2 Å². The molecule has 0 aliphatic heterocycles. The molecule has 1 aromatic carbocycles. The van der Waals surface area contributed by atoms with Gasteiger partial charge < -0.3 is 14.3 Å². The van der Waals surface area contributed by atoms with Crippen molar-refractivity contribution in [1.29, 1.82) is 0 Å². The molecule has 0 saturated heterocycles. The molecule has 0 fully saturated rings. The Kier molecular flexibility index (Phi) is 3.27. The van der Waals surface area contributed by atoms with Gasteiger partial charge in [-0.25, -0.2) is 0 Å². The standard InChI is InChI=1S/C12H14N2O3/c1-3-11-13-14-12(17-11)7-16-10-6-4-5-9(15)8(10)2/h4-6,15H,3,7H2,1-2H3. The first-order valence-corrected chi connectivity index (χ1v) is 5.43. The van der Waals surface area contributed by atoms with Crippen molar-refractivity contribution in [2.45, 2.75) is 26.9 Å². The molecule has 0 aliphatic carbocycles. The monoisotopic (exact) mass is 234 g/mol. The Bertz CT molecular complexity index is 508. The molecule has 2 aromatic rings. The van der Waals surface area contributed by atoms with E-state index in [-0.39, 0.29) is 12.4 Å². The Morgan fingerprint density at radius 2 is 2.06 bits per heavy atom. The highest BCUT2D eigenvalue weighted by atomic mass is 16.5. The van der Waals surface area contributed by atoms with Crippen LogP contribution in [0.5, 0.6) is 11.5 Å². The average Bonchev–Trinajstić information content (AvgIpc) is 2.79. The maximum absolute atomic E-state index is 9.51. The summed E-state index contributed by atoms with van der Waals surface area (Å²) in [6, 6.07) is 5.12. The van der Waals surface area contributed by atoms with Gasteiger partial charge in [-0.1, -0.05) is 13.0 Å². The summed E-state index contributed by atoms with van der Waals surface area (Å²) in [5.41, 5.74) is 0.697. The molecule has 0 amide bonds. The van der Waals surface area contributed by atoms with Crippen molar-refractivity contribution in [3.05, 3.63) is 35.5 Å². The van der Waals surface area contributed by atoms with Crippen LogP contribution in [0.2, 0.25) is 0 Å². The van der Waals surface area contributed by atoms with Crippen LogP contribution < -0.4 is 4.74 Å². The van der Waals surface area contributed by atoms with Gasteiger partial charge in [0.15, 0.2) is 6.61 Å². The highest BCUT2D eigenvalue weighted by Gasteiger charge is 2.07. The van der Waals surface area contributed by atoms with Crippen molar-refractivity contribution in [2.75, 3.05) is 0 Å². The number of nitrogens with zero attached hydrogens (tertiary/aromatic N) is 2. The second-order valence-corrected chi connectivity index (χ2v) is 3.63. The van der Waals surface area contributed by atoms with Crippen molar-refractivity contribution < 1.29 is 14.3 Å². The first-order chi connectivity index (χ1) is 8.20. The fourth-order valence-corrected chi connectivity index (χ4v) is 1.39. The number of phenols is 1. The summed E-state index contributed by atoms with van der Waals surface area (Å²) in [6.07, 6.45) is 0.707. The molecule has 1 aromatic heterocycles. The molecular formula is C12H14N2O3. The molecule has 90 valence electrons. The van der Waals surface area contributed by atoms with E-state index in [1.54, 1.807) is 25.1 Å². The minimum atomic E-state index is 0.206. The lowest BCUT2D eigenvalue weighted by Gasteiger charge is -2.07. The number of aromatic hydroxyl groups is 1. The number of rotatable bonds is 4. The van der Waals surface area contributed by atoms with Gasteiger partial charge in [0, 0.05) is 12.0 Å². The van der Waals surface area contributed by atoms with Crippen LogP contribution in [-0.2, 0) is 13.0 Å². The van der Waals surface area contributed by atoms with Crippen LogP contribution in [0.1, 0.15) is 24.3 Å². The van der Waals surface area contributed by atoms with Crippen molar-refractivity contribution in [3.63, 3.8) is 0 Å². The van der Waals surface area contributed by atoms with E-state index in [0.717, 1.165) is 0 Å². The summed E-state index contributed by atoms with van der Waals surface area (Å²) in [5.74, 6) is 1.85. The molecule has 0 unspecified atom stereocenters. The molecule has 0 spiro atoms. The molecule has 0 bridgehead atoms. The quantitative estimate of drug-likeness (QED) is 0.878. The molecule has 0 saturated carbocycles. The topological polar surface area (TPSA) is 68.4 Å². The Hall–Kier alpha value is -2.04. The van der Waals surface area contributed by atoms with Crippen molar-refractivity contribution in [2.24, 2.45) is 0 Å². The molecule has 5 heteroatoms. The zero-order valence-electron chi connectivity index (χ0n) is 9.80. The number of hydrogen-bond acceptors (Lipinski definition) is 5. The number of ether oxygens (including phenoxy) is 1. The Balaban J connectivity index is 2.04. The SMILES string of the molecule is CCc1nnc(COc2cccc(O)c2C)o1. The van der Waals surface area contributed by atoms with Crippen molar-refractivity contribution >= 4 is 0 Å². The lowest BCUT2D eigenvalue weighted by Crippen LogP contribution is -1.97. The first kappa shape index (κ1) is 11.4. The van der Waals surface area contributed by atoms with E-state index in [9.17, 15) is 5.11 Å². The average molecular weight is 234 g/mol. The van der Waals surface area contributed by atoms with E-state index < -0.39 is 0 Å². The Morgan fingerprint density at radius 1 is 1.29 bits per heavy atom. The minimum absolute atomic E-state index is 0.206. The highest BCUT2D eigenvalue weighted by Crippen LogP contribution is 2.26. The van der Waals surface area contributed by atoms with Crippen LogP contribution in [0.3, 0.4) is 0 Å². The van der Waals surface area contributed by atoms with Gasteiger partial charge in [0.05, 0.1) is 0 Å². The summed E-state index contributed by atoms with van der Waals surface area (Å²) in [5, 5.41) is 17.2. The van der Waals surface area contributed by atoms with Crippen molar-refractivity contribution in [1.82, 2.24) is 10.2 Å². The summed E-state index contributed by atoms with van der Waals surface area (Å²) in [4.78, 5) is 0. The molecule has 17 heavy (non-hydrogen) atoms. The zero-order chi connectivity index (χ0) is 12.3. The molecule has 5 nitrogen and oxygen atoms in total. The summed E-state index contributed by atoms with van der Waals surface area (Å²) in [6.45, 7) is 3.94. The lowest BCUT2D eigenvalue weighted by atomic mass is 10.2. The van der Waals surface area contributed by atoms with E-state index in [2.05, 4.69) is 10.2 Å². The molecule has 1 N–H and O–H groups in total. The molecular weight excluding hydrogens is 220 g/mol. The highest BCUT2D eigenvalue weighted by molar-refractivity contribution is 5.42. The van der Waals surface area contributed by atoms with Crippen LogP contribution in [0.4, 0.5) is 0 Å². The van der Waals surface area contributed by atoms with E-state index in [1.165, 1.54) is 0 Å². The van der Waals surface area contributed by atoms with Crippen LogP contribution in [-0.4, -0.2) is 15.3 Å². The van der Waals surface area contributed by atoms with Gasteiger partial charge in [-0.05, 0) is 19.1 Å². The third-order valence-electron chi connectivity index (χ3n) is 2.42. The summed E-state index contributed by atoms with van der Waals surface area (Å²) < 4.78 is 10.8. The van der Waals surface area contributed by atoms with Gasteiger partial charge in [-0.3, -0.25) is 0 Å². The predicted octanol–water partition coefficient (Wildman–Crippen LogP) is 2.23. The third-order valence-corrected chi connectivity index (χ3v) is 2.42. The largest absolute Gasteiger partial charge is 0.508 e. The second kappa shape index (κ2) is 4.86. The van der Waals surface area contributed by atoms with Gasteiger partial charge >= 0.3 is 0 Å². The van der Waals surface area contributed by atoms with Gasteiger partial charge in [0.2, 0.25) is 5.89 Å². The predicted molar refractivity (Wildman–Crippen MR) is 60.9 cm³/mol. The molecule has 0 aliphatic rings. The van der Waals surface area contributed by atoms with E-state index in [4.69, 9.17) is 9.15 Å². The number of aromatic nitrogens is 2. The van der Waals surface area contributed by atoms with Gasteiger partial charge in [0.1, 0.15) is 11.5 Å². The molecule has 0 atom stereocenters. The number of phenolic OH excluding ortho intramolecular Hbond substituents is 1. The number of benzene rings is 1. The maximum atomic E-state index is 9.51. The minimum Gasteiger partial charge on any atom is -0.508 e. The molecule has 1 heterocycles. The van der Waals surface area contributed by atoms with Gasteiger partial charge in [0.25, 0.3) is 5.89 Å². The Labute approximate surface area is 99.1 Å². The summed E-state index contributed by atoms with van der Waals surface area (Å²) in [7, 11) is 0. The van der Waals surface area contributed by atoms with E-state index in [0.29, 0.717) is 29.5 Å². The van der Waals surface area contributed by atoms with Gasteiger partial charge in [-0.2, -0.15) is 0 Å². The molecule has 2 rings (SSSR count). The van der Waals surface area contributed by atoms with Crippen LogP contribution >= 0.6 is 0 Å². The van der Waals surface area contributed by atoms with E-state index >= 15 is 0 Å². The van der Waals surface area contributed by atoms with E-state index in [1.807, 2.05) is 6.92 Å². The number of hydrogen-bond donors (Lipinski definition) is 1. The maximum Gasteiger partial charge on any atom is 0.253 e. The lowest BCUT2D eigenvalue weighted by molar-refractivity contribution is 0.256. The van der Waals surface area contributed by atoms with Crippen molar-refractivity contribution in [3.8, 4) is 11.5 Å². The van der Waals surface area contributed by atoms with Crippen LogP contribution in [0.25, 0.3) is 0 Å². The first-order valence-electron chi connectivity index (χ1n) is 5.43. The smallest absolute Gasteiger partial charge is 0.253 e. The third kappa shape index (κ3) is 2.55. The Morgan fingerprint density at radius 3 is 2.76 bits per heavy atom. The number of aryl methyl sites for hydroxylation is 1. The fraction of sp³-hybridized carbons (Fsp3) is 0.333. The molecule has 0 radical (unpaired) electrons. The summed E-state index contributed by atoms with van der Waals surface area (Å²) >= 11 is 0. The van der Waals surface area contributed by atoms with Crippen LogP contribution in [0.15, 0.2) is 22.6 Å².